The fourth-order valence-electron chi connectivity index (χ4n) is 4.51. The van der Waals surface area contributed by atoms with Crippen molar-refractivity contribution in [1.82, 2.24) is 25.3 Å². The second-order valence-corrected chi connectivity index (χ2v) is 9.30. The van der Waals surface area contributed by atoms with Crippen LogP contribution < -0.4 is 10.6 Å². The Morgan fingerprint density at radius 3 is 2.53 bits per heavy atom. The molecule has 1 saturated heterocycles. The number of piperidine rings is 1. The van der Waals surface area contributed by atoms with E-state index >= 15 is 0 Å². The highest BCUT2D eigenvalue weighted by molar-refractivity contribution is 5.92. The van der Waals surface area contributed by atoms with Crippen molar-refractivity contribution in [3.05, 3.63) is 53.5 Å². The molecule has 3 heterocycles. The highest BCUT2D eigenvalue weighted by atomic mass is 16.5. The molecule has 2 N–H and O–H groups in total. The summed E-state index contributed by atoms with van der Waals surface area (Å²) >= 11 is 0. The summed E-state index contributed by atoms with van der Waals surface area (Å²) in [6, 6.07) is 10.1. The summed E-state index contributed by atoms with van der Waals surface area (Å²) in [7, 11) is 5.79. The first-order valence-corrected chi connectivity index (χ1v) is 12.2. The second kappa shape index (κ2) is 10.9. The average Bonchev–Trinajstić information content (AvgIpc) is 3.48. The van der Waals surface area contributed by atoms with E-state index in [2.05, 4.69) is 38.7 Å². The predicted molar refractivity (Wildman–Crippen MR) is 132 cm³/mol. The van der Waals surface area contributed by atoms with Crippen molar-refractivity contribution in [3.8, 4) is 0 Å². The molecular weight excluding hydrogens is 430 g/mol. The molecule has 5 rings (SSSR count). The molecule has 2 aliphatic rings. The monoisotopic (exact) mass is 465 g/mol. The zero-order chi connectivity index (χ0) is 24.1. The van der Waals surface area contributed by atoms with Crippen molar-refractivity contribution in [1.29, 1.82) is 0 Å². The minimum absolute atomic E-state index is 0.0655. The summed E-state index contributed by atoms with van der Waals surface area (Å²) in [5.74, 6) is 1.26. The minimum Gasteiger partial charge on any atom is -0.360 e. The van der Waals surface area contributed by atoms with Crippen molar-refractivity contribution in [3.63, 3.8) is 0 Å². The highest BCUT2D eigenvalue weighted by Crippen LogP contribution is 2.40. The number of aryl methyl sites for hydroxylation is 2. The van der Waals surface area contributed by atoms with Crippen LogP contribution in [0.4, 0.5) is 0 Å². The smallest absolute Gasteiger partial charge is 0.273 e. The number of hydrogen-bond acceptors (Lipinski definition) is 5. The highest BCUT2D eigenvalue weighted by Gasteiger charge is 2.30. The van der Waals surface area contributed by atoms with E-state index in [1.54, 1.807) is 6.07 Å². The van der Waals surface area contributed by atoms with Gasteiger partial charge in [-0.15, -0.1) is 0 Å². The molecule has 2 fully saturated rings. The van der Waals surface area contributed by atoms with Gasteiger partial charge in [0.1, 0.15) is 5.76 Å². The van der Waals surface area contributed by atoms with Crippen LogP contribution in [0.3, 0.4) is 0 Å². The topological polar surface area (TPSA) is 92.4 Å². The van der Waals surface area contributed by atoms with Gasteiger partial charge in [-0.05, 0) is 57.8 Å². The standard InChI is InChI=1S/C24H28N4O3.C2H7N/c1-27-15-17(19-4-2-3-5-21(19)27)8-9-23(29)28-12-10-18(11-13-28)25-24(30)20-14-22(31-26-20)16-6-7-16;1-3-2/h2-5,14-16,18H,6-13H2,1H3,(H,25,30);3H,1-2H3. The number of nitrogens with one attached hydrogen (secondary N) is 2. The summed E-state index contributed by atoms with van der Waals surface area (Å²) in [5, 5.41) is 10.9. The molecule has 8 nitrogen and oxygen atoms in total. The summed E-state index contributed by atoms with van der Waals surface area (Å²) < 4.78 is 7.39. The summed E-state index contributed by atoms with van der Waals surface area (Å²) in [5.41, 5.74) is 2.76. The number of fused-ring (bicyclic) bond motifs is 1. The molecule has 1 aliphatic carbocycles. The quantitative estimate of drug-likeness (QED) is 0.583. The number of amides is 2. The van der Waals surface area contributed by atoms with E-state index < -0.39 is 0 Å². The molecule has 1 aromatic carbocycles. The molecular formula is C26H35N5O3. The third-order valence-electron chi connectivity index (χ3n) is 6.51. The van der Waals surface area contributed by atoms with E-state index in [1.807, 2.05) is 38.2 Å². The zero-order valence-electron chi connectivity index (χ0n) is 20.3. The molecule has 8 heteroatoms. The molecule has 0 unspecified atom stereocenters. The van der Waals surface area contributed by atoms with E-state index in [1.165, 1.54) is 16.5 Å². The first-order chi connectivity index (χ1) is 16.5. The maximum Gasteiger partial charge on any atom is 0.273 e. The van der Waals surface area contributed by atoms with Crippen LogP contribution in [-0.4, -0.2) is 59.7 Å². The summed E-state index contributed by atoms with van der Waals surface area (Å²) in [4.78, 5) is 27.1. The molecule has 0 bridgehead atoms. The van der Waals surface area contributed by atoms with E-state index in [-0.39, 0.29) is 17.9 Å². The van der Waals surface area contributed by atoms with Gasteiger partial charge in [-0.25, -0.2) is 0 Å². The number of benzene rings is 1. The van der Waals surface area contributed by atoms with Gasteiger partial charge in [0.05, 0.1) is 0 Å². The third-order valence-corrected chi connectivity index (χ3v) is 6.51. The number of hydrogen-bond donors (Lipinski definition) is 2. The molecule has 2 aromatic heterocycles. The van der Waals surface area contributed by atoms with Crippen LogP contribution in [0.1, 0.15) is 59.8 Å². The lowest BCUT2D eigenvalue weighted by Crippen LogP contribution is -2.46. The summed E-state index contributed by atoms with van der Waals surface area (Å²) in [6.45, 7) is 1.34. The molecule has 1 aliphatic heterocycles. The first-order valence-electron chi connectivity index (χ1n) is 12.2. The fourth-order valence-corrected chi connectivity index (χ4v) is 4.51. The Bertz CT molecular complexity index is 1120. The Labute approximate surface area is 200 Å². The number of nitrogens with zero attached hydrogens (tertiary/aromatic N) is 3. The molecule has 182 valence electrons. The Balaban J connectivity index is 0.000000868. The van der Waals surface area contributed by atoms with Gasteiger partial charge in [0.25, 0.3) is 5.91 Å². The maximum absolute atomic E-state index is 12.7. The van der Waals surface area contributed by atoms with Crippen molar-refractivity contribution in [2.75, 3.05) is 27.2 Å². The van der Waals surface area contributed by atoms with Crippen LogP contribution in [0.25, 0.3) is 10.9 Å². The molecule has 3 aromatic rings. The fraction of sp³-hybridized carbons (Fsp3) is 0.500. The molecule has 34 heavy (non-hydrogen) atoms. The van der Waals surface area contributed by atoms with Gasteiger partial charge in [0.2, 0.25) is 5.91 Å². The third kappa shape index (κ3) is 5.67. The Morgan fingerprint density at radius 2 is 1.82 bits per heavy atom. The van der Waals surface area contributed by atoms with Crippen LogP contribution in [0.2, 0.25) is 0 Å². The van der Waals surface area contributed by atoms with Crippen molar-refractivity contribution < 1.29 is 14.1 Å². The second-order valence-electron chi connectivity index (χ2n) is 9.30. The first kappa shape index (κ1) is 24.0. The Hall–Kier alpha value is -3.13. The number of aromatic nitrogens is 2. The normalized spacial score (nSPS) is 16.3. The zero-order valence-corrected chi connectivity index (χ0v) is 20.3. The number of para-hydroxylation sites is 1. The van der Waals surface area contributed by atoms with Gasteiger partial charge >= 0.3 is 0 Å². The van der Waals surface area contributed by atoms with E-state index in [9.17, 15) is 9.59 Å². The van der Waals surface area contributed by atoms with Gasteiger partial charge in [0.15, 0.2) is 5.69 Å². The molecule has 1 saturated carbocycles. The number of carbonyl (C=O) groups is 2. The lowest BCUT2D eigenvalue weighted by Gasteiger charge is -2.32. The van der Waals surface area contributed by atoms with Crippen molar-refractivity contribution >= 4 is 22.7 Å². The number of rotatable bonds is 6. The van der Waals surface area contributed by atoms with Crippen LogP contribution >= 0.6 is 0 Å². The minimum atomic E-state index is -0.184. The largest absolute Gasteiger partial charge is 0.360 e. The van der Waals surface area contributed by atoms with Crippen molar-refractivity contribution in [2.24, 2.45) is 7.05 Å². The van der Waals surface area contributed by atoms with Gasteiger partial charge in [0, 0.05) is 61.7 Å². The SMILES string of the molecule is CNC.Cn1cc(CCC(=O)N2CCC(NC(=O)c3cc(C4CC4)on3)CC2)c2ccccc21. The van der Waals surface area contributed by atoms with E-state index in [0.717, 1.165) is 37.9 Å². The lowest BCUT2D eigenvalue weighted by atomic mass is 10.0. The van der Waals surface area contributed by atoms with Crippen molar-refractivity contribution in [2.45, 2.75) is 50.5 Å². The van der Waals surface area contributed by atoms with E-state index in [0.29, 0.717) is 31.1 Å². The Morgan fingerprint density at radius 1 is 1.12 bits per heavy atom. The number of carbonyl (C=O) groups excluding carboxylic acids is 2. The Kier molecular flexibility index (Phi) is 7.67. The average molecular weight is 466 g/mol. The van der Waals surface area contributed by atoms with Gasteiger partial charge < -0.3 is 24.6 Å². The van der Waals surface area contributed by atoms with Crippen LogP contribution in [0, 0.1) is 0 Å². The lowest BCUT2D eigenvalue weighted by molar-refractivity contribution is -0.132. The molecule has 0 radical (unpaired) electrons. The van der Waals surface area contributed by atoms with Crippen LogP contribution in [0.5, 0.6) is 0 Å². The molecule has 2 amide bonds. The summed E-state index contributed by atoms with van der Waals surface area (Å²) in [6.07, 6.45) is 7.13. The maximum atomic E-state index is 12.7. The predicted octanol–water partition coefficient (Wildman–Crippen LogP) is 3.23. The van der Waals surface area contributed by atoms with Gasteiger partial charge in [-0.1, -0.05) is 23.4 Å². The van der Waals surface area contributed by atoms with Crippen LogP contribution in [-0.2, 0) is 18.3 Å². The van der Waals surface area contributed by atoms with E-state index in [4.69, 9.17) is 4.52 Å². The van der Waals surface area contributed by atoms with Crippen LogP contribution in [0.15, 0.2) is 41.1 Å². The number of likely N-dealkylation sites (tertiary alicyclic amines) is 1. The molecule has 0 spiro atoms. The van der Waals surface area contributed by atoms with Gasteiger partial charge in [-0.2, -0.15) is 0 Å². The van der Waals surface area contributed by atoms with Gasteiger partial charge in [-0.3, -0.25) is 9.59 Å². The molecule has 0 atom stereocenters.